The van der Waals surface area contributed by atoms with Gasteiger partial charge in [-0.25, -0.2) is 0 Å². The molecule has 112 valence electrons. The molecule has 4 nitrogen and oxygen atoms in total. The van der Waals surface area contributed by atoms with Gasteiger partial charge in [0.15, 0.2) is 0 Å². The molecule has 0 atom stereocenters. The standard InChI is InChI=1S/C17H16ClN3O/c1-12-15-4-2-3-5-16(15)21(20-12)11-17(22)19-10-13-6-8-14(18)9-7-13/h2-9H,10-11H2,1H3,(H,19,22). The maximum absolute atomic E-state index is 12.1. The summed E-state index contributed by atoms with van der Waals surface area (Å²) < 4.78 is 1.74. The highest BCUT2D eigenvalue weighted by Gasteiger charge is 2.09. The molecule has 1 heterocycles. The van der Waals surface area contributed by atoms with Crippen molar-refractivity contribution in [2.45, 2.75) is 20.0 Å². The maximum Gasteiger partial charge on any atom is 0.242 e. The van der Waals surface area contributed by atoms with Crippen LogP contribution < -0.4 is 5.32 Å². The number of halogens is 1. The van der Waals surface area contributed by atoms with Crippen molar-refractivity contribution in [3.8, 4) is 0 Å². The molecule has 0 spiro atoms. The zero-order valence-electron chi connectivity index (χ0n) is 12.2. The molecule has 0 aliphatic rings. The second-order valence-corrected chi connectivity index (χ2v) is 5.60. The molecule has 0 bridgehead atoms. The summed E-state index contributed by atoms with van der Waals surface area (Å²) in [5.41, 5.74) is 2.92. The molecule has 0 unspecified atom stereocenters. The quantitative estimate of drug-likeness (QED) is 0.803. The molecule has 5 heteroatoms. The largest absolute Gasteiger partial charge is 0.350 e. The van der Waals surface area contributed by atoms with Gasteiger partial charge in [-0.3, -0.25) is 9.48 Å². The highest BCUT2D eigenvalue weighted by molar-refractivity contribution is 6.30. The van der Waals surface area contributed by atoms with Crippen LogP contribution in [-0.2, 0) is 17.9 Å². The minimum Gasteiger partial charge on any atom is -0.350 e. The lowest BCUT2D eigenvalue weighted by molar-refractivity contribution is -0.121. The monoisotopic (exact) mass is 313 g/mol. The molecule has 1 aromatic heterocycles. The van der Waals surface area contributed by atoms with Gasteiger partial charge in [0.2, 0.25) is 5.91 Å². The van der Waals surface area contributed by atoms with Gasteiger partial charge in [0.25, 0.3) is 0 Å². The number of fused-ring (bicyclic) bond motifs is 1. The number of carbonyl (C=O) groups excluding carboxylic acids is 1. The summed E-state index contributed by atoms with van der Waals surface area (Å²) in [7, 11) is 0. The second kappa shape index (κ2) is 6.20. The fourth-order valence-electron chi connectivity index (χ4n) is 2.41. The Morgan fingerprint density at radius 3 is 2.68 bits per heavy atom. The summed E-state index contributed by atoms with van der Waals surface area (Å²) in [5.74, 6) is -0.0665. The van der Waals surface area contributed by atoms with E-state index in [9.17, 15) is 4.79 Å². The van der Waals surface area contributed by atoms with Crippen LogP contribution in [-0.4, -0.2) is 15.7 Å². The summed E-state index contributed by atoms with van der Waals surface area (Å²) in [5, 5.41) is 9.10. The minimum atomic E-state index is -0.0665. The summed E-state index contributed by atoms with van der Waals surface area (Å²) in [4.78, 5) is 12.1. The topological polar surface area (TPSA) is 46.9 Å². The molecule has 0 saturated carbocycles. The number of amides is 1. The molecular weight excluding hydrogens is 298 g/mol. The van der Waals surface area contributed by atoms with Gasteiger partial charge in [0.1, 0.15) is 6.54 Å². The van der Waals surface area contributed by atoms with Gasteiger partial charge in [-0.2, -0.15) is 5.10 Å². The Balaban J connectivity index is 1.67. The lowest BCUT2D eigenvalue weighted by Gasteiger charge is -2.06. The third kappa shape index (κ3) is 3.12. The van der Waals surface area contributed by atoms with E-state index in [1.165, 1.54) is 0 Å². The number of aromatic nitrogens is 2. The predicted molar refractivity (Wildman–Crippen MR) is 87.8 cm³/mol. The van der Waals surface area contributed by atoms with E-state index in [-0.39, 0.29) is 12.5 Å². The van der Waals surface area contributed by atoms with Crippen LogP contribution in [0.25, 0.3) is 10.9 Å². The maximum atomic E-state index is 12.1. The number of para-hydroxylation sites is 1. The van der Waals surface area contributed by atoms with Crippen LogP contribution in [0.5, 0.6) is 0 Å². The third-order valence-corrected chi connectivity index (χ3v) is 3.79. The third-order valence-electron chi connectivity index (χ3n) is 3.54. The molecule has 2 aromatic carbocycles. The molecule has 0 fully saturated rings. The molecule has 0 aliphatic carbocycles. The Bertz CT molecular complexity index is 808. The summed E-state index contributed by atoms with van der Waals surface area (Å²) in [6, 6.07) is 15.3. The molecular formula is C17H16ClN3O. The van der Waals surface area contributed by atoms with E-state index in [1.807, 2.05) is 55.5 Å². The van der Waals surface area contributed by atoms with Gasteiger partial charge in [-0.05, 0) is 30.7 Å². The van der Waals surface area contributed by atoms with Crippen molar-refractivity contribution in [3.05, 3.63) is 64.8 Å². The zero-order valence-corrected chi connectivity index (χ0v) is 13.0. The van der Waals surface area contributed by atoms with E-state index in [0.29, 0.717) is 11.6 Å². The number of rotatable bonds is 4. The average Bonchev–Trinajstić information content (AvgIpc) is 2.83. The van der Waals surface area contributed by atoms with Crippen LogP contribution in [0.15, 0.2) is 48.5 Å². The van der Waals surface area contributed by atoms with Crippen LogP contribution in [0, 0.1) is 6.92 Å². The van der Waals surface area contributed by atoms with Crippen LogP contribution in [0.2, 0.25) is 5.02 Å². The van der Waals surface area contributed by atoms with Crippen molar-refractivity contribution in [2.75, 3.05) is 0 Å². The SMILES string of the molecule is Cc1nn(CC(=O)NCc2ccc(Cl)cc2)c2ccccc12. The van der Waals surface area contributed by atoms with Gasteiger partial charge in [-0.15, -0.1) is 0 Å². The van der Waals surface area contributed by atoms with Crippen molar-refractivity contribution >= 4 is 28.4 Å². The van der Waals surface area contributed by atoms with Gasteiger partial charge < -0.3 is 5.32 Å². The van der Waals surface area contributed by atoms with Gasteiger partial charge in [0, 0.05) is 17.0 Å². The number of benzene rings is 2. The van der Waals surface area contributed by atoms with Gasteiger partial charge in [0.05, 0.1) is 11.2 Å². The second-order valence-electron chi connectivity index (χ2n) is 5.16. The van der Waals surface area contributed by atoms with Crippen molar-refractivity contribution in [1.29, 1.82) is 0 Å². The van der Waals surface area contributed by atoms with Gasteiger partial charge in [-0.1, -0.05) is 41.9 Å². The minimum absolute atomic E-state index is 0.0665. The first-order valence-electron chi connectivity index (χ1n) is 7.07. The first kappa shape index (κ1) is 14.6. The molecule has 1 amide bonds. The number of hydrogen-bond acceptors (Lipinski definition) is 2. The summed E-state index contributed by atoms with van der Waals surface area (Å²) >= 11 is 5.84. The number of carbonyl (C=O) groups is 1. The lowest BCUT2D eigenvalue weighted by Crippen LogP contribution is -2.27. The normalized spacial score (nSPS) is 10.8. The van der Waals surface area contributed by atoms with E-state index < -0.39 is 0 Å². The Morgan fingerprint density at radius 1 is 1.18 bits per heavy atom. The smallest absolute Gasteiger partial charge is 0.242 e. The molecule has 22 heavy (non-hydrogen) atoms. The number of aryl methyl sites for hydroxylation is 1. The van der Waals surface area contributed by atoms with E-state index in [1.54, 1.807) is 4.68 Å². The van der Waals surface area contributed by atoms with Crippen LogP contribution >= 0.6 is 11.6 Å². The Labute approximate surface area is 133 Å². The number of nitrogens with zero attached hydrogens (tertiary/aromatic N) is 2. The van der Waals surface area contributed by atoms with E-state index in [4.69, 9.17) is 11.6 Å². The molecule has 0 aliphatic heterocycles. The predicted octanol–water partition coefficient (Wildman–Crippen LogP) is 3.31. The van der Waals surface area contributed by atoms with Crippen LogP contribution in [0.1, 0.15) is 11.3 Å². The highest BCUT2D eigenvalue weighted by atomic mass is 35.5. The van der Waals surface area contributed by atoms with Crippen molar-refractivity contribution in [1.82, 2.24) is 15.1 Å². The Hall–Kier alpha value is -2.33. The average molecular weight is 314 g/mol. The summed E-state index contributed by atoms with van der Waals surface area (Å²) in [6.07, 6.45) is 0. The molecule has 0 radical (unpaired) electrons. The lowest BCUT2D eigenvalue weighted by atomic mass is 10.2. The number of nitrogens with one attached hydrogen (secondary N) is 1. The summed E-state index contributed by atoms with van der Waals surface area (Å²) in [6.45, 7) is 2.64. The first-order valence-corrected chi connectivity index (χ1v) is 7.44. The fourth-order valence-corrected chi connectivity index (χ4v) is 2.53. The number of hydrogen-bond donors (Lipinski definition) is 1. The van der Waals surface area contributed by atoms with E-state index in [2.05, 4.69) is 10.4 Å². The van der Waals surface area contributed by atoms with Crippen molar-refractivity contribution in [2.24, 2.45) is 0 Å². The van der Waals surface area contributed by atoms with Crippen molar-refractivity contribution in [3.63, 3.8) is 0 Å². The molecule has 3 aromatic rings. The molecule has 0 saturated heterocycles. The fraction of sp³-hybridized carbons (Fsp3) is 0.176. The first-order chi connectivity index (χ1) is 10.6. The van der Waals surface area contributed by atoms with Crippen LogP contribution in [0.4, 0.5) is 0 Å². The van der Waals surface area contributed by atoms with Crippen LogP contribution in [0.3, 0.4) is 0 Å². The van der Waals surface area contributed by atoms with E-state index in [0.717, 1.165) is 22.2 Å². The molecule has 3 rings (SSSR count). The van der Waals surface area contributed by atoms with Crippen molar-refractivity contribution < 1.29 is 4.79 Å². The molecule has 1 N–H and O–H groups in total. The zero-order chi connectivity index (χ0) is 15.5. The van der Waals surface area contributed by atoms with Gasteiger partial charge >= 0.3 is 0 Å². The van der Waals surface area contributed by atoms with E-state index >= 15 is 0 Å². The Kier molecular flexibility index (Phi) is 4.11. The Morgan fingerprint density at radius 2 is 1.91 bits per heavy atom. The highest BCUT2D eigenvalue weighted by Crippen LogP contribution is 2.17.